The predicted molar refractivity (Wildman–Crippen MR) is 224 cm³/mol. The summed E-state index contributed by atoms with van der Waals surface area (Å²) in [5, 5.41) is 40.1. The van der Waals surface area contributed by atoms with Gasteiger partial charge in [0, 0.05) is 13.0 Å². The molecule has 0 aromatic rings. The second-order valence-electron chi connectivity index (χ2n) is 14.8. The van der Waals surface area contributed by atoms with Gasteiger partial charge in [-0.1, -0.05) is 158 Å². The van der Waals surface area contributed by atoms with E-state index >= 15 is 0 Å². The number of ether oxygens (including phenoxy) is 4. The van der Waals surface area contributed by atoms with Crippen molar-refractivity contribution in [3.05, 3.63) is 60.8 Å². The van der Waals surface area contributed by atoms with Gasteiger partial charge in [-0.15, -0.1) is 0 Å². The molecule has 55 heavy (non-hydrogen) atoms. The Kier molecular flexibility index (Phi) is 34.7. The first kappa shape index (κ1) is 50.9. The number of aliphatic hydroxyl groups excluding tert-OH is 4. The van der Waals surface area contributed by atoms with E-state index in [1.807, 2.05) is 0 Å². The van der Waals surface area contributed by atoms with Crippen LogP contribution in [-0.4, -0.2) is 89.6 Å². The molecule has 9 heteroatoms. The molecular formula is C46H80O9. The molecule has 1 heterocycles. The molecule has 0 aromatic carbocycles. The number of hydrogen-bond acceptors (Lipinski definition) is 9. The van der Waals surface area contributed by atoms with E-state index in [-0.39, 0.29) is 25.6 Å². The standard InChI is InChI=1S/C46H80O9/c1-3-5-7-9-11-13-15-17-18-19-20-21-22-23-25-27-29-31-33-35-42(48)54-40(39-53-46-45(51)44(50)43(49)41(37-47)55-46)38-52-36-34-32-30-28-26-24-16-14-12-10-8-6-4-2/h5,7,11,13,17-18,20-21,23,25,40-41,43-47,49-51H,3-4,6,8-10,12,14-16,19,22,24,26-39H2,1-2H3/b7-5-,13-11-,18-17-,21-20-,25-23-. The Labute approximate surface area is 335 Å². The van der Waals surface area contributed by atoms with Crippen LogP contribution in [0.5, 0.6) is 0 Å². The summed E-state index contributed by atoms with van der Waals surface area (Å²) in [6, 6.07) is 0. The number of hydrogen-bond donors (Lipinski definition) is 4. The number of aliphatic hydroxyl groups is 4. The molecule has 1 aliphatic heterocycles. The smallest absolute Gasteiger partial charge is 0.306 e. The predicted octanol–water partition coefficient (Wildman–Crippen LogP) is 9.52. The Bertz CT molecular complexity index is 1020. The molecule has 1 aliphatic rings. The lowest BCUT2D eigenvalue weighted by Crippen LogP contribution is -2.59. The van der Waals surface area contributed by atoms with Gasteiger partial charge in [-0.05, 0) is 57.8 Å². The number of carbonyl (C=O) groups is 1. The minimum atomic E-state index is -1.54. The molecule has 1 saturated heterocycles. The monoisotopic (exact) mass is 777 g/mol. The quantitative estimate of drug-likeness (QED) is 0.0279. The highest BCUT2D eigenvalue weighted by molar-refractivity contribution is 5.69. The van der Waals surface area contributed by atoms with Gasteiger partial charge < -0.3 is 39.4 Å². The molecule has 0 amide bonds. The highest BCUT2D eigenvalue weighted by Crippen LogP contribution is 2.22. The first-order valence-electron chi connectivity index (χ1n) is 21.9. The van der Waals surface area contributed by atoms with Crippen LogP contribution in [0.3, 0.4) is 0 Å². The van der Waals surface area contributed by atoms with Crippen molar-refractivity contribution in [3.8, 4) is 0 Å². The molecule has 0 bridgehead atoms. The van der Waals surface area contributed by atoms with Crippen molar-refractivity contribution in [1.29, 1.82) is 0 Å². The van der Waals surface area contributed by atoms with Crippen LogP contribution in [0.15, 0.2) is 60.8 Å². The highest BCUT2D eigenvalue weighted by Gasteiger charge is 2.44. The number of carbonyl (C=O) groups excluding carboxylic acids is 1. The van der Waals surface area contributed by atoms with E-state index in [1.54, 1.807) is 0 Å². The number of esters is 1. The molecule has 0 radical (unpaired) electrons. The van der Waals surface area contributed by atoms with Gasteiger partial charge in [-0.25, -0.2) is 0 Å². The molecule has 1 fully saturated rings. The first-order valence-corrected chi connectivity index (χ1v) is 21.9. The van der Waals surface area contributed by atoms with Crippen molar-refractivity contribution in [2.45, 2.75) is 198 Å². The summed E-state index contributed by atoms with van der Waals surface area (Å²) in [5.74, 6) is -0.346. The van der Waals surface area contributed by atoms with Crippen LogP contribution < -0.4 is 0 Å². The molecule has 0 saturated carbocycles. The zero-order chi connectivity index (χ0) is 40.0. The minimum absolute atomic E-state index is 0.128. The van der Waals surface area contributed by atoms with E-state index in [1.165, 1.54) is 70.6 Å². The van der Waals surface area contributed by atoms with Crippen LogP contribution in [0.2, 0.25) is 0 Å². The summed E-state index contributed by atoms with van der Waals surface area (Å²) in [6.07, 6.45) is 39.5. The van der Waals surface area contributed by atoms with Crippen LogP contribution >= 0.6 is 0 Å². The molecule has 4 N–H and O–H groups in total. The van der Waals surface area contributed by atoms with Crippen molar-refractivity contribution in [2.24, 2.45) is 0 Å². The Hall–Kier alpha value is -2.11. The summed E-state index contributed by atoms with van der Waals surface area (Å²) in [6.45, 7) is 4.40. The van der Waals surface area contributed by atoms with Crippen molar-refractivity contribution >= 4 is 5.97 Å². The van der Waals surface area contributed by atoms with Crippen molar-refractivity contribution < 1.29 is 44.2 Å². The fourth-order valence-corrected chi connectivity index (χ4v) is 6.28. The van der Waals surface area contributed by atoms with Gasteiger partial charge in [-0.2, -0.15) is 0 Å². The Morgan fingerprint density at radius 1 is 0.600 bits per heavy atom. The SMILES string of the molecule is CC/C=C\C/C=C\C/C=C\C/C=C\C/C=C\CCCCCC(=O)OC(COCCCCCCCCCCCCCCC)COC1OC(CO)C(O)C(O)C1O. The Balaban J connectivity index is 2.31. The van der Waals surface area contributed by atoms with Crippen molar-refractivity contribution in [2.75, 3.05) is 26.4 Å². The Morgan fingerprint density at radius 3 is 1.65 bits per heavy atom. The maximum atomic E-state index is 12.8. The van der Waals surface area contributed by atoms with Gasteiger partial charge in [0.2, 0.25) is 0 Å². The zero-order valence-electron chi connectivity index (χ0n) is 34.7. The second-order valence-corrected chi connectivity index (χ2v) is 14.8. The van der Waals surface area contributed by atoms with Crippen LogP contribution in [0.25, 0.3) is 0 Å². The van der Waals surface area contributed by atoms with E-state index in [2.05, 4.69) is 74.6 Å². The fraction of sp³-hybridized carbons (Fsp3) is 0.761. The number of allylic oxidation sites excluding steroid dienone is 10. The second kappa shape index (κ2) is 37.5. The van der Waals surface area contributed by atoms with Crippen molar-refractivity contribution in [1.82, 2.24) is 0 Å². The number of rotatable bonds is 36. The molecule has 6 atom stereocenters. The van der Waals surface area contributed by atoms with Crippen molar-refractivity contribution in [3.63, 3.8) is 0 Å². The summed E-state index contributed by atoms with van der Waals surface area (Å²) in [5.41, 5.74) is 0. The van der Waals surface area contributed by atoms with Gasteiger partial charge in [0.1, 0.15) is 30.5 Å². The summed E-state index contributed by atoms with van der Waals surface area (Å²) in [7, 11) is 0. The Morgan fingerprint density at radius 2 is 1.11 bits per heavy atom. The maximum absolute atomic E-state index is 12.8. The largest absolute Gasteiger partial charge is 0.457 e. The summed E-state index contributed by atoms with van der Waals surface area (Å²) < 4.78 is 22.8. The zero-order valence-corrected chi connectivity index (χ0v) is 34.7. The van der Waals surface area contributed by atoms with Gasteiger partial charge in [0.05, 0.1) is 19.8 Å². The van der Waals surface area contributed by atoms with Crippen LogP contribution in [0.1, 0.15) is 162 Å². The average Bonchev–Trinajstić information content (AvgIpc) is 3.18. The summed E-state index contributed by atoms with van der Waals surface area (Å²) in [4.78, 5) is 12.8. The van der Waals surface area contributed by atoms with Crippen LogP contribution in [0.4, 0.5) is 0 Å². The van der Waals surface area contributed by atoms with E-state index in [4.69, 9.17) is 18.9 Å². The van der Waals surface area contributed by atoms with Crippen LogP contribution in [-0.2, 0) is 23.7 Å². The third-order valence-electron chi connectivity index (χ3n) is 9.70. The highest BCUT2D eigenvalue weighted by atomic mass is 16.7. The third-order valence-corrected chi connectivity index (χ3v) is 9.70. The maximum Gasteiger partial charge on any atom is 0.306 e. The van der Waals surface area contributed by atoms with E-state index < -0.39 is 43.4 Å². The van der Waals surface area contributed by atoms with E-state index in [0.29, 0.717) is 13.0 Å². The normalized spacial score (nSPS) is 21.3. The molecule has 9 nitrogen and oxygen atoms in total. The molecule has 1 rings (SSSR count). The molecule has 0 aliphatic carbocycles. The van der Waals surface area contributed by atoms with E-state index in [9.17, 15) is 25.2 Å². The lowest BCUT2D eigenvalue weighted by molar-refractivity contribution is -0.305. The molecule has 0 spiro atoms. The van der Waals surface area contributed by atoms with Gasteiger partial charge >= 0.3 is 5.97 Å². The summed E-state index contributed by atoms with van der Waals surface area (Å²) >= 11 is 0. The first-order chi connectivity index (χ1) is 26.9. The van der Waals surface area contributed by atoms with Gasteiger partial charge in [-0.3, -0.25) is 4.79 Å². The fourth-order valence-electron chi connectivity index (χ4n) is 6.28. The van der Waals surface area contributed by atoms with E-state index in [0.717, 1.165) is 64.2 Å². The van der Waals surface area contributed by atoms with Gasteiger partial charge in [0.15, 0.2) is 6.29 Å². The lowest BCUT2D eigenvalue weighted by Gasteiger charge is -2.39. The number of unbranched alkanes of at least 4 members (excludes halogenated alkanes) is 15. The molecular weight excluding hydrogens is 696 g/mol. The lowest BCUT2D eigenvalue weighted by atomic mass is 9.99. The topological polar surface area (TPSA) is 135 Å². The molecule has 318 valence electrons. The third kappa shape index (κ3) is 28.9. The van der Waals surface area contributed by atoms with Crippen LogP contribution in [0, 0.1) is 0 Å². The molecule has 0 aromatic heterocycles. The molecule has 6 unspecified atom stereocenters. The average molecular weight is 777 g/mol. The van der Waals surface area contributed by atoms with Gasteiger partial charge in [0.25, 0.3) is 0 Å². The minimum Gasteiger partial charge on any atom is -0.457 e.